The smallest absolute Gasteiger partial charge is 0.339 e. The Kier molecular flexibility index (Phi) is 3.92. The summed E-state index contributed by atoms with van der Waals surface area (Å²) in [6.07, 6.45) is 1.34. The van der Waals surface area contributed by atoms with Crippen LogP contribution in [-0.2, 0) is 6.54 Å². The molecule has 0 amide bonds. The highest BCUT2D eigenvalue weighted by Crippen LogP contribution is 2.19. The van der Waals surface area contributed by atoms with Crippen molar-refractivity contribution in [3.8, 4) is 5.75 Å². The molecule has 0 bridgehead atoms. The number of nitrogens with one attached hydrogen (secondary N) is 1. The van der Waals surface area contributed by atoms with Gasteiger partial charge in [-0.25, -0.2) is 4.79 Å². The second-order valence-corrected chi connectivity index (χ2v) is 3.76. The fourth-order valence-electron chi connectivity index (χ4n) is 1.66. The zero-order valence-electron chi connectivity index (χ0n) is 10.3. The van der Waals surface area contributed by atoms with Gasteiger partial charge in [0.1, 0.15) is 11.3 Å². The molecule has 1 aromatic heterocycles. The van der Waals surface area contributed by atoms with Gasteiger partial charge in [-0.1, -0.05) is 18.2 Å². The lowest BCUT2D eigenvalue weighted by Gasteiger charge is -2.10. The molecule has 0 saturated heterocycles. The molecule has 6 heteroatoms. The van der Waals surface area contributed by atoms with E-state index < -0.39 is 5.97 Å². The molecule has 2 rings (SSSR count). The Bertz CT molecular complexity index is 587. The first-order chi connectivity index (χ1) is 9.22. The Balaban J connectivity index is 2.17. The molecule has 0 unspecified atom stereocenters. The van der Waals surface area contributed by atoms with Crippen molar-refractivity contribution < 1.29 is 14.6 Å². The number of aromatic nitrogens is 2. The summed E-state index contributed by atoms with van der Waals surface area (Å²) in [5.74, 6) is -0.0749. The monoisotopic (exact) mass is 259 g/mol. The first-order valence-electron chi connectivity index (χ1n) is 5.63. The van der Waals surface area contributed by atoms with Crippen LogP contribution in [0.4, 0.5) is 5.82 Å². The molecule has 0 aliphatic carbocycles. The number of hydrogen-bond acceptors (Lipinski definition) is 5. The van der Waals surface area contributed by atoms with Crippen molar-refractivity contribution in [1.29, 1.82) is 0 Å². The molecule has 98 valence electrons. The first-order valence-corrected chi connectivity index (χ1v) is 5.63. The maximum atomic E-state index is 11.0. The molecule has 0 fully saturated rings. The Labute approximate surface area is 110 Å². The van der Waals surface area contributed by atoms with Gasteiger partial charge in [0.05, 0.1) is 13.3 Å². The van der Waals surface area contributed by atoms with E-state index in [2.05, 4.69) is 15.5 Å². The van der Waals surface area contributed by atoms with E-state index in [-0.39, 0.29) is 11.4 Å². The standard InChI is InChI=1S/C13H13N3O3/c1-19-11-5-3-2-4-9(11)8-14-12-10(13(17)18)6-7-15-16-12/h2-7H,8H2,1H3,(H,14,16)(H,17,18). The Morgan fingerprint density at radius 3 is 2.89 bits per heavy atom. The Morgan fingerprint density at radius 1 is 1.37 bits per heavy atom. The van der Waals surface area contributed by atoms with Gasteiger partial charge < -0.3 is 15.2 Å². The number of anilines is 1. The molecule has 0 saturated carbocycles. The summed E-state index contributed by atoms with van der Waals surface area (Å²) in [7, 11) is 1.59. The molecule has 6 nitrogen and oxygen atoms in total. The molecule has 2 N–H and O–H groups in total. The van der Waals surface area contributed by atoms with Crippen molar-refractivity contribution in [2.75, 3.05) is 12.4 Å². The topological polar surface area (TPSA) is 84.3 Å². The van der Waals surface area contributed by atoms with Crippen LogP contribution in [0.5, 0.6) is 5.75 Å². The highest BCUT2D eigenvalue weighted by atomic mass is 16.5. The number of aromatic carboxylic acids is 1. The van der Waals surface area contributed by atoms with Crippen LogP contribution in [0.1, 0.15) is 15.9 Å². The third kappa shape index (κ3) is 2.98. The van der Waals surface area contributed by atoms with Gasteiger partial charge in [-0.3, -0.25) is 0 Å². The summed E-state index contributed by atoms with van der Waals surface area (Å²) in [4.78, 5) is 11.0. The fraction of sp³-hybridized carbons (Fsp3) is 0.154. The number of rotatable bonds is 5. The maximum Gasteiger partial charge on any atom is 0.339 e. The molecule has 19 heavy (non-hydrogen) atoms. The van der Waals surface area contributed by atoms with E-state index in [0.717, 1.165) is 11.3 Å². The Hall–Kier alpha value is -2.63. The van der Waals surface area contributed by atoms with E-state index in [1.165, 1.54) is 12.3 Å². The van der Waals surface area contributed by atoms with Crippen molar-refractivity contribution in [2.45, 2.75) is 6.54 Å². The predicted molar refractivity (Wildman–Crippen MR) is 69.3 cm³/mol. The summed E-state index contributed by atoms with van der Waals surface area (Å²) in [6.45, 7) is 0.406. The number of carboxylic acids is 1. The van der Waals surface area contributed by atoms with Gasteiger partial charge in [0.25, 0.3) is 0 Å². The molecule has 0 aliphatic rings. The van der Waals surface area contributed by atoms with E-state index in [1.807, 2.05) is 24.3 Å². The first kappa shape index (κ1) is 12.8. The van der Waals surface area contributed by atoms with Crippen LogP contribution in [0.15, 0.2) is 36.5 Å². The summed E-state index contributed by atoms with van der Waals surface area (Å²) < 4.78 is 5.22. The minimum Gasteiger partial charge on any atom is -0.496 e. The van der Waals surface area contributed by atoms with Crippen molar-refractivity contribution in [3.63, 3.8) is 0 Å². The van der Waals surface area contributed by atoms with Crippen LogP contribution in [0, 0.1) is 0 Å². The number of carbonyl (C=O) groups is 1. The van der Waals surface area contributed by atoms with Crippen LogP contribution in [0.3, 0.4) is 0 Å². The summed E-state index contributed by atoms with van der Waals surface area (Å²) in [6, 6.07) is 8.88. The second-order valence-electron chi connectivity index (χ2n) is 3.76. The van der Waals surface area contributed by atoms with Crippen LogP contribution in [0.25, 0.3) is 0 Å². The summed E-state index contributed by atoms with van der Waals surface area (Å²) in [5, 5.41) is 19.4. The Morgan fingerprint density at radius 2 is 2.16 bits per heavy atom. The van der Waals surface area contributed by atoms with Gasteiger partial charge in [-0.15, -0.1) is 5.10 Å². The van der Waals surface area contributed by atoms with Crippen LogP contribution in [0.2, 0.25) is 0 Å². The molecule has 1 heterocycles. The highest BCUT2D eigenvalue weighted by Gasteiger charge is 2.11. The average Bonchev–Trinajstić information content (AvgIpc) is 2.45. The van der Waals surface area contributed by atoms with E-state index >= 15 is 0 Å². The van der Waals surface area contributed by atoms with Gasteiger partial charge in [0.15, 0.2) is 5.82 Å². The summed E-state index contributed by atoms with van der Waals surface area (Å²) >= 11 is 0. The molecule has 0 aliphatic heterocycles. The van der Waals surface area contributed by atoms with Crippen molar-refractivity contribution >= 4 is 11.8 Å². The number of ether oxygens (including phenoxy) is 1. The average molecular weight is 259 g/mol. The van der Waals surface area contributed by atoms with Crippen LogP contribution < -0.4 is 10.1 Å². The molecule has 1 aromatic carbocycles. The SMILES string of the molecule is COc1ccccc1CNc1nnccc1C(=O)O. The normalized spacial score (nSPS) is 9.95. The van der Waals surface area contributed by atoms with Gasteiger partial charge in [-0.05, 0) is 12.1 Å². The van der Waals surface area contributed by atoms with Crippen molar-refractivity contribution in [2.24, 2.45) is 0 Å². The predicted octanol–water partition coefficient (Wildman–Crippen LogP) is 1.80. The van der Waals surface area contributed by atoms with Gasteiger partial charge in [0.2, 0.25) is 0 Å². The lowest BCUT2D eigenvalue weighted by molar-refractivity contribution is 0.0697. The number of para-hydroxylation sites is 1. The van der Waals surface area contributed by atoms with E-state index in [4.69, 9.17) is 9.84 Å². The van der Waals surface area contributed by atoms with Gasteiger partial charge in [0, 0.05) is 12.1 Å². The van der Waals surface area contributed by atoms with E-state index in [0.29, 0.717) is 6.54 Å². The molecule has 2 aromatic rings. The minimum atomic E-state index is -1.04. The number of methoxy groups -OCH3 is 1. The van der Waals surface area contributed by atoms with Gasteiger partial charge in [-0.2, -0.15) is 5.10 Å². The number of benzene rings is 1. The molecule has 0 atom stereocenters. The number of nitrogens with zero attached hydrogens (tertiary/aromatic N) is 2. The van der Waals surface area contributed by atoms with E-state index in [9.17, 15) is 4.79 Å². The van der Waals surface area contributed by atoms with Crippen LogP contribution in [-0.4, -0.2) is 28.4 Å². The van der Waals surface area contributed by atoms with Crippen molar-refractivity contribution in [3.05, 3.63) is 47.7 Å². The third-order valence-electron chi connectivity index (χ3n) is 2.59. The number of carboxylic acid groups (broad SMARTS) is 1. The molecular formula is C13H13N3O3. The molecule has 0 spiro atoms. The third-order valence-corrected chi connectivity index (χ3v) is 2.59. The lowest BCUT2D eigenvalue weighted by Crippen LogP contribution is -2.09. The fourth-order valence-corrected chi connectivity index (χ4v) is 1.66. The van der Waals surface area contributed by atoms with Gasteiger partial charge >= 0.3 is 5.97 Å². The quantitative estimate of drug-likeness (QED) is 0.851. The van der Waals surface area contributed by atoms with Crippen molar-refractivity contribution in [1.82, 2.24) is 10.2 Å². The molecular weight excluding hydrogens is 246 g/mol. The van der Waals surface area contributed by atoms with Crippen LogP contribution >= 0.6 is 0 Å². The lowest BCUT2D eigenvalue weighted by atomic mass is 10.2. The molecule has 0 radical (unpaired) electrons. The maximum absolute atomic E-state index is 11.0. The minimum absolute atomic E-state index is 0.0879. The summed E-state index contributed by atoms with van der Waals surface area (Å²) in [5.41, 5.74) is 0.997. The largest absolute Gasteiger partial charge is 0.496 e. The van der Waals surface area contributed by atoms with E-state index in [1.54, 1.807) is 7.11 Å². The number of hydrogen-bond donors (Lipinski definition) is 2. The zero-order valence-corrected chi connectivity index (χ0v) is 10.3. The second kappa shape index (κ2) is 5.81. The zero-order chi connectivity index (χ0) is 13.7. The highest BCUT2D eigenvalue weighted by molar-refractivity contribution is 5.92.